The van der Waals surface area contributed by atoms with Crippen molar-refractivity contribution in [3.8, 4) is 0 Å². The van der Waals surface area contributed by atoms with Crippen molar-refractivity contribution in [3.05, 3.63) is 35.9 Å². The van der Waals surface area contributed by atoms with Gasteiger partial charge in [-0.05, 0) is 56.7 Å². The molecule has 0 radical (unpaired) electrons. The first-order chi connectivity index (χ1) is 17.1. The van der Waals surface area contributed by atoms with Crippen LogP contribution in [0.4, 0.5) is 4.39 Å². The van der Waals surface area contributed by atoms with Gasteiger partial charge in [-0.2, -0.15) is 0 Å². The lowest BCUT2D eigenvalue weighted by Crippen LogP contribution is -2.54. The van der Waals surface area contributed by atoms with Crippen LogP contribution in [-0.2, 0) is 14.3 Å². The standard InChI is InChI=1S/C28H39FN2O5/c1-17-8-6-10-27(3)23(36-27)15-21(20(29)14-19-9-4-5-13-30-19)31-24(33)16-22(32)28(11-7-12-28)26(35)18(2)25(17)34/h4-5,9,13-14,17-18,21-23,25,32,34H,6-8,10-12,15-16H2,1-3H3,(H,31,33)/t17-,18+,21-,22?,23?,25-,27?/m0/s1. The van der Waals surface area contributed by atoms with Gasteiger partial charge in [0.2, 0.25) is 5.91 Å². The quantitative estimate of drug-likeness (QED) is 0.532. The van der Waals surface area contributed by atoms with Crippen molar-refractivity contribution >= 4 is 17.8 Å². The molecule has 1 aromatic heterocycles. The predicted molar refractivity (Wildman–Crippen MR) is 133 cm³/mol. The largest absolute Gasteiger partial charge is 0.392 e. The molecule has 198 valence electrons. The van der Waals surface area contributed by atoms with Crippen LogP contribution in [0.1, 0.15) is 77.8 Å². The molecule has 1 saturated carbocycles. The second-order valence-corrected chi connectivity index (χ2v) is 11.3. The average molecular weight is 503 g/mol. The molecule has 7 nitrogen and oxygen atoms in total. The number of carbonyl (C=O) groups excluding carboxylic acids is 2. The Hall–Kier alpha value is -2.16. The summed E-state index contributed by atoms with van der Waals surface area (Å²) in [4.78, 5) is 30.6. The summed E-state index contributed by atoms with van der Waals surface area (Å²) in [6.07, 6.45) is 4.62. The number of carbonyl (C=O) groups is 2. The number of aromatic nitrogens is 1. The number of epoxide rings is 1. The molecule has 1 aliphatic carbocycles. The molecule has 3 N–H and O–H groups in total. The number of aliphatic hydroxyl groups is 2. The summed E-state index contributed by atoms with van der Waals surface area (Å²) in [5.74, 6) is -1.97. The second kappa shape index (κ2) is 10.7. The van der Waals surface area contributed by atoms with Crippen molar-refractivity contribution < 1.29 is 28.9 Å². The zero-order valence-corrected chi connectivity index (χ0v) is 21.5. The van der Waals surface area contributed by atoms with Crippen LogP contribution in [0.5, 0.6) is 0 Å². The van der Waals surface area contributed by atoms with Crippen molar-refractivity contribution in [1.82, 2.24) is 10.3 Å². The summed E-state index contributed by atoms with van der Waals surface area (Å²) < 4.78 is 21.3. The topological polar surface area (TPSA) is 112 Å². The van der Waals surface area contributed by atoms with E-state index in [1.807, 2.05) is 13.8 Å². The third-order valence-electron chi connectivity index (χ3n) is 8.72. The van der Waals surface area contributed by atoms with Crippen LogP contribution >= 0.6 is 0 Å². The molecular formula is C28H39FN2O5. The van der Waals surface area contributed by atoms with Gasteiger partial charge in [0.1, 0.15) is 11.6 Å². The number of ether oxygens (including phenoxy) is 1. The van der Waals surface area contributed by atoms with Gasteiger partial charge in [0.25, 0.3) is 0 Å². The Labute approximate surface area is 212 Å². The fraction of sp³-hybridized carbons (Fsp3) is 0.679. The van der Waals surface area contributed by atoms with Gasteiger partial charge in [-0.15, -0.1) is 0 Å². The monoisotopic (exact) mass is 502 g/mol. The van der Waals surface area contributed by atoms with E-state index in [2.05, 4.69) is 10.3 Å². The molecule has 2 aliphatic heterocycles. The number of hydrogen-bond acceptors (Lipinski definition) is 6. The van der Waals surface area contributed by atoms with Gasteiger partial charge in [-0.25, -0.2) is 4.39 Å². The minimum atomic E-state index is -1.19. The number of halogens is 1. The number of amides is 1. The minimum Gasteiger partial charge on any atom is -0.392 e. The molecule has 3 heterocycles. The van der Waals surface area contributed by atoms with Crippen LogP contribution in [0, 0.1) is 17.3 Å². The molecule has 4 rings (SSSR count). The van der Waals surface area contributed by atoms with Crippen molar-refractivity contribution in [2.45, 2.75) is 102 Å². The van der Waals surface area contributed by atoms with E-state index in [9.17, 15) is 19.8 Å². The number of pyridine rings is 1. The van der Waals surface area contributed by atoms with Crippen molar-refractivity contribution in [2.24, 2.45) is 17.3 Å². The minimum absolute atomic E-state index is 0.0956. The summed E-state index contributed by atoms with van der Waals surface area (Å²) in [6.45, 7) is 5.64. The van der Waals surface area contributed by atoms with Gasteiger partial charge in [0.15, 0.2) is 0 Å². The lowest BCUT2D eigenvalue weighted by Gasteiger charge is -2.46. The predicted octanol–water partition coefficient (Wildman–Crippen LogP) is 3.73. The highest BCUT2D eigenvalue weighted by atomic mass is 19.1. The molecule has 3 fully saturated rings. The molecule has 1 spiro atoms. The second-order valence-electron chi connectivity index (χ2n) is 11.3. The highest BCUT2D eigenvalue weighted by molar-refractivity contribution is 5.89. The van der Waals surface area contributed by atoms with Gasteiger partial charge in [0, 0.05) is 18.5 Å². The van der Waals surface area contributed by atoms with Crippen molar-refractivity contribution in [1.29, 1.82) is 0 Å². The molecule has 1 aromatic rings. The van der Waals surface area contributed by atoms with E-state index in [4.69, 9.17) is 4.74 Å². The zero-order chi connectivity index (χ0) is 26.1. The van der Waals surface area contributed by atoms with Crippen LogP contribution in [0.2, 0.25) is 0 Å². The number of Topliss-reactive ketones (excluding diaryl/α,β-unsaturated/α-hetero) is 1. The van der Waals surface area contributed by atoms with Crippen molar-refractivity contribution in [3.63, 3.8) is 0 Å². The number of fused-ring (bicyclic) bond motifs is 1. The molecule has 0 bridgehead atoms. The van der Waals surface area contributed by atoms with E-state index in [1.165, 1.54) is 6.08 Å². The van der Waals surface area contributed by atoms with E-state index in [0.29, 0.717) is 18.5 Å². The molecule has 8 heteroatoms. The van der Waals surface area contributed by atoms with Gasteiger partial charge in [0.05, 0.1) is 47.5 Å². The number of ketones is 1. The first-order valence-corrected chi connectivity index (χ1v) is 13.2. The van der Waals surface area contributed by atoms with Gasteiger partial charge >= 0.3 is 0 Å². The summed E-state index contributed by atoms with van der Waals surface area (Å²) in [5, 5.41) is 24.7. The van der Waals surface area contributed by atoms with E-state index >= 15 is 4.39 Å². The van der Waals surface area contributed by atoms with Crippen molar-refractivity contribution in [2.75, 3.05) is 0 Å². The maximum Gasteiger partial charge on any atom is 0.223 e. The third-order valence-corrected chi connectivity index (χ3v) is 8.72. The van der Waals surface area contributed by atoms with E-state index in [0.717, 1.165) is 25.7 Å². The van der Waals surface area contributed by atoms with Crippen LogP contribution in [0.25, 0.3) is 6.08 Å². The molecule has 36 heavy (non-hydrogen) atoms. The Bertz CT molecular complexity index is 981. The summed E-state index contributed by atoms with van der Waals surface area (Å²) in [7, 11) is 0. The van der Waals surface area contributed by atoms with E-state index < -0.39 is 46.9 Å². The third kappa shape index (κ3) is 5.55. The van der Waals surface area contributed by atoms with Crippen LogP contribution in [0.3, 0.4) is 0 Å². The smallest absolute Gasteiger partial charge is 0.223 e. The van der Waals surface area contributed by atoms with Crippen LogP contribution < -0.4 is 5.32 Å². The van der Waals surface area contributed by atoms with Gasteiger partial charge < -0.3 is 20.3 Å². The average Bonchev–Trinajstić information content (AvgIpc) is 3.45. The van der Waals surface area contributed by atoms with E-state index in [1.54, 1.807) is 31.3 Å². The lowest BCUT2D eigenvalue weighted by molar-refractivity contribution is -0.154. The molecular weight excluding hydrogens is 463 g/mol. The Kier molecular flexibility index (Phi) is 7.98. The number of nitrogens with one attached hydrogen (secondary N) is 1. The van der Waals surface area contributed by atoms with Gasteiger partial charge in [-0.1, -0.05) is 32.8 Å². The molecule has 7 atom stereocenters. The Morgan fingerprint density at radius 2 is 1.94 bits per heavy atom. The first-order valence-electron chi connectivity index (χ1n) is 13.2. The highest BCUT2D eigenvalue weighted by Gasteiger charge is 2.54. The molecule has 1 amide bonds. The SMILES string of the molecule is C[C@H]1CCCC2(C)OC2C[C@@H](C(F)=Cc2ccccn2)NC(=O)CC(O)C2(CCC2)C(=O)[C@H](C)[C@H]1O. The maximum atomic E-state index is 15.4. The molecule has 2 saturated heterocycles. The molecule has 0 aromatic carbocycles. The summed E-state index contributed by atoms with van der Waals surface area (Å²) in [6, 6.07) is 4.25. The van der Waals surface area contributed by atoms with Gasteiger partial charge in [-0.3, -0.25) is 14.6 Å². The number of rotatable bonds is 2. The van der Waals surface area contributed by atoms with E-state index in [-0.39, 0.29) is 30.6 Å². The molecule has 3 aliphatic rings. The summed E-state index contributed by atoms with van der Waals surface area (Å²) >= 11 is 0. The maximum absolute atomic E-state index is 15.4. The number of aliphatic hydroxyl groups excluding tert-OH is 2. The fourth-order valence-corrected chi connectivity index (χ4v) is 5.94. The van der Waals surface area contributed by atoms with Crippen LogP contribution in [-0.4, -0.2) is 56.8 Å². The molecule has 3 unspecified atom stereocenters. The number of nitrogens with zero attached hydrogens (tertiary/aromatic N) is 1. The Morgan fingerprint density at radius 3 is 2.58 bits per heavy atom. The highest BCUT2D eigenvalue weighted by Crippen LogP contribution is 2.49. The summed E-state index contributed by atoms with van der Waals surface area (Å²) in [5.41, 5.74) is -1.02. The van der Waals surface area contributed by atoms with Crippen LogP contribution in [0.15, 0.2) is 30.2 Å². The lowest BCUT2D eigenvalue weighted by atomic mass is 9.58. The zero-order valence-electron chi connectivity index (χ0n) is 21.5. The Morgan fingerprint density at radius 1 is 1.19 bits per heavy atom. The first kappa shape index (κ1) is 26.9. The normalized spacial score (nSPS) is 38.1. The number of hydrogen-bond donors (Lipinski definition) is 3. The fourth-order valence-electron chi connectivity index (χ4n) is 5.94. The Balaban J connectivity index is 1.58.